The molecule has 0 bridgehead atoms. The minimum atomic E-state index is -3.74. The number of aryl methyl sites for hydroxylation is 1. The lowest BCUT2D eigenvalue weighted by atomic mass is 10.3. The SMILES string of the molecule is Cc1cc(NS(=O)(=O)c2ccccc2)n([C@H]2CCS(=O)(=O)C2)n1. The number of anilines is 1. The third-order valence-electron chi connectivity index (χ3n) is 3.70. The topological polar surface area (TPSA) is 98.1 Å². The van der Waals surface area contributed by atoms with Crippen LogP contribution in [0, 0.1) is 6.92 Å². The number of nitrogens with zero attached hydrogens (tertiary/aromatic N) is 2. The molecule has 1 N–H and O–H groups in total. The van der Waals surface area contributed by atoms with Crippen LogP contribution < -0.4 is 4.72 Å². The maximum absolute atomic E-state index is 12.4. The van der Waals surface area contributed by atoms with E-state index >= 15 is 0 Å². The first-order valence-corrected chi connectivity index (χ1v) is 10.4. The highest BCUT2D eigenvalue weighted by atomic mass is 32.2. The third kappa shape index (κ3) is 3.40. The Bertz CT molecular complexity index is 918. The summed E-state index contributed by atoms with van der Waals surface area (Å²) in [5.41, 5.74) is 0.625. The molecule has 23 heavy (non-hydrogen) atoms. The minimum Gasteiger partial charge on any atom is -0.264 e. The van der Waals surface area contributed by atoms with E-state index in [1.165, 1.54) is 16.8 Å². The number of hydrogen-bond acceptors (Lipinski definition) is 5. The van der Waals surface area contributed by atoms with Crippen molar-refractivity contribution in [1.82, 2.24) is 9.78 Å². The summed E-state index contributed by atoms with van der Waals surface area (Å²) < 4.78 is 52.2. The highest BCUT2D eigenvalue weighted by molar-refractivity contribution is 7.92. The van der Waals surface area contributed by atoms with E-state index in [1.54, 1.807) is 31.2 Å². The highest BCUT2D eigenvalue weighted by Gasteiger charge is 2.32. The van der Waals surface area contributed by atoms with Crippen LogP contribution >= 0.6 is 0 Å². The summed E-state index contributed by atoms with van der Waals surface area (Å²) in [6.07, 6.45) is 0.434. The lowest BCUT2D eigenvalue weighted by Gasteiger charge is -2.14. The van der Waals surface area contributed by atoms with Gasteiger partial charge in [0.15, 0.2) is 9.84 Å². The second kappa shape index (κ2) is 5.64. The molecule has 1 atom stereocenters. The molecule has 3 rings (SSSR count). The second-order valence-corrected chi connectivity index (χ2v) is 9.50. The molecule has 9 heteroatoms. The Morgan fingerprint density at radius 1 is 1.26 bits per heavy atom. The molecule has 0 spiro atoms. The summed E-state index contributed by atoms with van der Waals surface area (Å²) in [7, 11) is -6.83. The van der Waals surface area contributed by atoms with Gasteiger partial charge >= 0.3 is 0 Å². The van der Waals surface area contributed by atoms with Crippen molar-refractivity contribution in [2.45, 2.75) is 24.3 Å². The first-order chi connectivity index (χ1) is 10.8. The predicted octanol–water partition coefficient (Wildman–Crippen LogP) is 1.35. The monoisotopic (exact) mass is 355 g/mol. The van der Waals surface area contributed by atoms with Gasteiger partial charge in [0.25, 0.3) is 10.0 Å². The normalized spacial score (nSPS) is 20.5. The number of sulfone groups is 1. The van der Waals surface area contributed by atoms with Crippen LogP contribution in [-0.2, 0) is 19.9 Å². The van der Waals surface area contributed by atoms with Crippen LogP contribution in [0.15, 0.2) is 41.3 Å². The smallest absolute Gasteiger partial charge is 0.263 e. The summed E-state index contributed by atoms with van der Waals surface area (Å²) in [6.45, 7) is 1.74. The fourth-order valence-corrected chi connectivity index (χ4v) is 5.39. The first-order valence-electron chi connectivity index (χ1n) is 7.11. The van der Waals surface area contributed by atoms with Crippen molar-refractivity contribution in [2.24, 2.45) is 0 Å². The Balaban J connectivity index is 1.93. The van der Waals surface area contributed by atoms with Gasteiger partial charge in [-0.05, 0) is 25.5 Å². The van der Waals surface area contributed by atoms with Gasteiger partial charge in [-0.1, -0.05) is 18.2 Å². The van der Waals surface area contributed by atoms with Gasteiger partial charge in [-0.2, -0.15) is 5.10 Å². The van der Waals surface area contributed by atoms with E-state index < -0.39 is 19.9 Å². The van der Waals surface area contributed by atoms with E-state index in [1.807, 2.05) is 0 Å². The molecule has 0 aliphatic carbocycles. The zero-order chi connectivity index (χ0) is 16.7. The van der Waals surface area contributed by atoms with Crippen LogP contribution in [0.25, 0.3) is 0 Å². The van der Waals surface area contributed by atoms with Crippen LogP contribution in [0.5, 0.6) is 0 Å². The van der Waals surface area contributed by atoms with Crippen molar-refractivity contribution < 1.29 is 16.8 Å². The number of rotatable bonds is 4. The summed E-state index contributed by atoms with van der Waals surface area (Å²) >= 11 is 0. The molecule has 124 valence electrons. The number of aromatic nitrogens is 2. The molecule has 1 saturated heterocycles. The maximum atomic E-state index is 12.4. The largest absolute Gasteiger partial charge is 0.264 e. The lowest BCUT2D eigenvalue weighted by molar-refractivity contribution is 0.503. The molecule has 2 aromatic rings. The van der Waals surface area contributed by atoms with Gasteiger partial charge in [-0.15, -0.1) is 0 Å². The van der Waals surface area contributed by atoms with Crippen LogP contribution in [0.1, 0.15) is 18.2 Å². The zero-order valence-electron chi connectivity index (χ0n) is 12.5. The zero-order valence-corrected chi connectivity index (χ0v) is 14.1. The van der Waals surface area contributed by atoms with Crippen molar-refractivity contribution >= 4 is 25.7 Å². The van der Waals surface area contributed by atoms with Crippen molar-refractivity contribution in [1.29, 1.82) is 0 Å². The number of hydrogen-bond donors (Lipinski definition) is 1. The molecular formula is C14H17N3O4S2. The van der Waals surface area contributed by atoms with Gasteiger partial charge in [-0.25, -0.2) is 21.5 Å². The number of sulfonamides is 1. The Kier molecular flexibility index (Phi) is 3.93. The molecule has 1 aromatic heterocycles. The lowest BCUT2D eigenvalue weighted by Crippen LogP contribution is -2.19. The molecule has 0 saturated carbocycles. The average molecular weight is 355 g/mol. The molecule has 0 amide bonds. The van der Waals surface area contributed by atoms with E-state index in [4.69, 9.17) is 0 Å². The van der Waals surface area contributed by atoms with Gasteiger partial charge in [0, 0.05) is 6.07 Å². The van der Waals surface area contributed by atoms with E-state index in [9.17, 15) is 16.8 Å². The Morgan fingerprint density at radius 3 is 2.57 bits per heavy atom. The summed E-state index contributed by atoms with van der Waals surface area (Å²) in [6, 6.07) is 9.26. The second-order valence-electron chi connectivity index (χ2n) is 5.59. The molecule has 7 nitrogen and oxygen atoms in total. The van der Waals surface area contributed by atoms with Crippen molar-refractivity contribution in [2.75, 3.05) is 16.2 Å². The quantitative estimate of drug-likeness (QED) is 0.893. The molecule has 0 unspecified atom stereocenters. The molecule has 1 aliphatic heterocycles. The standard InChI is InChI=1S/C14H17N3O4S2/c1-11-9-14(16-23(20,21)13-5-3-2-4-6-13)17(15-11)12-7-8-22(18,19)10-12/h2-6,9,12,16H,7-8,10H2,1H3/t12-/m0/s1. The molecular weight excluding hydrogens is 338 g/mol. The molecule has 1 aliphatic rings. The Labute approximate surface area is 135 Å². The summed E-state index contributed by atoms with van der Waals surface area (Å²) in [5, 5.41) is 4.26. The van der Waals surface area contributed by atoms with Crippen LogP contribution in [0.2, 0.25) is 0 Å². The van der Waals surface area contributed by atoms with Crippen molar-refractivity contribution in [3.8, 4) is 0 Å². The summed E-state index contributed by atoms with van der Waals surface area (Å²) in [5.74, 6) is 0.365. The molecule has 2 heterocycles. The number of nitrogens with one attached hydrogen (secondary N) is 1. The van der Waals surface area contributed by atoms with E-state index in [0.29, 0.717) is 12.1 Å². The molecule has 0 radical (unpaired) electrons. The van der Waals surface area contributed by atoms with Crippen molar-refractivity contribution in [3.05, 3.63) is 42.1 Å². The van der Waals surface area contributed by atoms with E-state index in [2.05, 4.69) is 9.82 Å². The van der Waals surface area contributed by atoms with E-state index in [0.717, 1.165) is 0 Å². The van der Waals surface area contributed by atoms with Crippen LogP contribution in [0.3, 0.4) is 0 Å². The fourth-order valence-electron chi connectivity index (χ4n) is 2.64. The van der Waals surface area contributed by atoms with Gasteiger partial charge in [0.2, 0.25) is 0 Å². The first kappa shape index (κ1) is 16.0. The van der Waals surface area contributed by atoms with Crippen molar-refractivity contribution in [3.63, 3.8) is 0 Å². The molecule has 1 fully saturated rings. The highest BCUT2D eigenvalue weighted by Crippen LogP contribution is 2.28. The van der Waals surface area contributed by atoms with Gasteiger partial charge in [-0.3, -0.25) is 4.72 Å². The predicted molar refractivity (Wildman–Crippen MR) is 86.5 cm³/mol. The van der Waals surface area contributed by atoms with Crippen LogP contribution in [0.4, 0.5) is 5.82 Å². The van der Waals surface area contributed by atoms with Gasteiger partial charge in [0.05, 0.1) is 28.1 Å². The van der Waals surface area contributed by atoms with Crippen LogP contribution in [-0.4, -0.2) is 38.1 Å². The number of benzene rings is 1. The van der Waals surface area contributed by atoms with Gasteiger partial charge < -0.3 is 0 Å². The summed E-state index contributed by atoms with van der Waals surface area (Å²) in [4.78, 5) is 0.143. The Hall–Kier alpha value is -1.87. The third-order valence-corrected chi connectivity index (χ3v) is 6.83. The fraction of sp³-hybridized carbons (Fsp3) is 0.357. The molecule has 1 aromatic carbocycles. The average Bonchev–Trinajstić information content (AvgIpc) is 3.01. The van der Waals surface area contributed by atoms with Gasteiger partial charge in [0.1, 0.15) is 5.82 Å². The maximum Gasteiger partial charge on any atom is 0.263 e. The Morgan fingerprint density at radius 2 is 1.96 bits per heavy atom. The minimum absolute atomic E-state index is 0.0197. The van der Waals surface area contributed by atoms with E-state index in [-0.39, 0.29) is 28.3 Å².